The first kappa shape index (κ1) is 31.3. The van der Waals surface area contributed by atoms with Gasteiger partial charge in [-0.3, -0.25) is 28.8 Å². The molecule has 1 aromatic carbocycles. The molecule has 0 aliphatic rings. The van der Waals surface area contributed by atoms with E-state index in [0.717, 1.165) is 0 Å². The molecule has 1 aromatic rings. The summed E-state index contributed by atoms with van der Waals surface area (Å²) < 4.78 is 0. The van der Waals surface area contributed by atoms with Crippen LogP contribution in [-0.2, 0) is 40.0 Å². The van der Waals surface area contributed by atoms with Crippen molar-refractivity contribution in [2.75, 3.05) is 0 Å². The molecule has 11 N–H and O–H groups in total. The van der Waals surface area contributed by atoms with Crippen LogP contribution in [0.15, 0.2) is 24.3 Å². The molecule has 0 fully saturated rings. The summed E-state index contributed by atoms with van der Waals surface area (Å²) in [5.74, 6) is -8.63. The molecule has 4 unspecified atom stereocenters. The summed E-state index contributed by atoms with van der Waals surface area (Å²) in [6, 6.07) is -1.01. The Balaban J connectivity index is 3.18. The van der Waals surface area contributed by atoms with Gasteiger partial charge in [-0.05, 0) is 24.1 Å². The van der Waals surface area contributed by atoms with E-state index < -0.39 is 91.4 Å². The molecule has 208 valence electrons. The van der Waals surface area contributed by atoms with Crippen LogP contribution in [-0.4, -0.2) is 86.1 Å². The number of phenolic OH excluding ortho intramolecular Hbond substituents is 1. The van der Waals surface area contributed by atoms with Crippen LogP contribution in [0.4, 0.5) is 0 Å². The Hall–Kier alpha value is -4.73. The van der Waals surface area contributed by atoms with Gasteiger partial charge >= 0.3 is 17.9 Å². The SMILES string of the molecule is NC(=O)CC(N)C(=O)NC(CC(=O)O)C(=O)NC(Cc1ccc(O)cc1)C(=O)NC(CCC(=O)O)C(=O)O. The molecular weight excluding hydrogens is 510 g/mol. The molecule has 16 nitrogen and oxygen atoms in total. The monoisotopic (exact) mass is 539 g/mol. The number of carbonyl (C=O) groups excluding carboxylic acids is 4. The highest BCUT2D eigenvalue weighted by molar-refractivity contribution is 5.96. The Morgan fingerprint density at radius 1 is 0.737 bits per heavy atom. The van der Waals surface area contributed by atoms with Crippen molar-refractivity contribution in [1.82, 2.24) is 16.0 Å². The molecule has 4 atom stereocenters. The van der Waals surface area contributed by atoms with E-state index in [1.807, 2.05) is 0 Å². The lowest BCUT2D eigenvalue weighted by molar-refractivity contribution is -0.144. The molecule has 0 saturated heterocycles. The zero-order valence-corrected chi connectivity index (χ0v) is 20.0. The number of hydrogen-bond acceptors (Lipinski definition) is 9. The molecule has 0 spiro atoms. The Kier molecular flexibility index (Phi) is 12.1. The van der Waals surface area contributed by atoms with E-state index in [-0.39, 0.29) is 12.2 Å². The number of amides is 4. The summed E-state index contributed by atoms with van der Waals surface area (Å²) in [6.07, 6.45) is -2.84. The number of rotatable bonds is 16. The number of phenols is 1. The third kappa shape index (κ3) is 11.3. The number of nitrogens with two attached hydrogens (primary N) is 2. The summed E-state index contributed by atoms with van der Waals surface area (Å²) >= 11 is 0. The van der Waals surface area contributed by atoms with Crippen molar-refractivity contribution < 1.29 is 54.0 Å². The zero-order chi connectivity index (χ0) is 29.0. The Labute approximate surface area is 215 Å². The summed E-state index contributed by atoms with van der Waals surface area (Å²) in [6.45, 7) is 0. The van der Waals surface area contributed by atoms with Crippen molar-refractivity contribution in [2.24, 2.45) is 11.5 Å². The van der Waals surface area contributed by atoms with E-state index >= 15 is 0 Å². The van der Waals surface area contributed by atoms with Crippen LogP contribution < -0.4 is 27.4 Å². The predicted molar refractivity (Wildman–Crippen MR) is 126 cm³/mol. The second-order valence-electron chi connectivity index (χ2n) is 8.20. The maximum atomic E-state index is 12.9. The third-order valence-corrected chi connectivity index (χ3v) is 5.04. The standard InChI is InChI=1S/C22H29N5O11/c23-12(8-16(24)29)19(34)26-15(9-18(32)33)21(36)27-14(7-10-1-3-11(28)4-2-10)20(35)25-13(22(37)38)5-6-17(30)31/h1-4,12-15,28H,5-9,23H2,(H2,24,29)(H,25,35)(H,26,34)(H,27,36)(H,30,31)(H,32,33)(H,37,38). The van der Waals surface area contributed by atoms with Gasteiger partial charge in [-0.15, -0.1) is 0 Å². The molecule has 0 aromatic heterocycles. The summed E-state index contributed by atoms with van der Waals surface area (Å²) in [5, 5.41) is 43.2. The molecule has 0 saturated carbocycles. The fourth-order valence-corrected chi connectivity index (χ4v) is 3.12. The number of hydrogen-bond donors (Lipinski definition) is 9. The van der Waals surface area contributed by atoms with E-state index in [4.69, 9.17) is 21.7 Å². The van der Waals surface area contributed by atoms with Crippen LogP contribution in [0.3, 0.4) is 0 Å². The predicted octanol–water partition coefficient (Wildman–Crippen LogP) is -2.98. The van der Waals surface area contributed by atoms with Gasteiger partial charge in [0, 0.05) is 12.8 Å². The molecule has 1 rings (SSSR count). The molecule has 0 bridgehead atoms. The first-order valence-electron chi connectivity index (χ1n) is 11.1. The summed E-state index contributed by atoms with van der Waals surface area (Å²) in [7, 11) is 0. The molecule has 0 heterocycles. The average molecular weight is 539 g/mol. The van der Waals surface area contributed by atoms with E-state index in [2.05, 4.69) is 16.0 Å². The lowest BCUT2D eigenvalue weighted by Crippen LogP contribution is -2.58. The molecule has 4 amide bonds. The topological polar surface area (TPSA) is 289 Å². The fraction of sp³-hybridized carbons (Fsp3) is 0.409. The highest BCUT2D eigenvalue weighted by Crippen LogP contribution is 2.12. The number of carbonyl (C=O) groups is 7. The number of primary amides is 1. The van der Waals surface area contributed by atoms with Gasteiger partial charge in [-0.25, -0.2) is 4.79 Å². The third-order valence-electron chi connectivity index (χ3n) is 5.04. The van der Waals surface area contributed by atoms with Gasteiger partial charge in [0.1, 0.15) is 23.9 Å². The molecule has 0 aliphatic carbocycles. The number of aliphatic carboxylic acids is 3. The van der Waals surface area contributed by atoms with Crippen molar-refractivity contribution in [2.45, 2.75) is 56.3 Å². The highest BCUT2D eigenvalue weighted by atomic mass is 16.4. The van der Waals surface area contributed by atoms with Gasteiger partial charge in [0.05, 0.1) is 18.9 Å². The van der Waals surface area contributed by atoms with Crippen molar-refractivity contribution in [3.63, 3.8) is 0 Å². The minimum absolute atomic E-state index is 0.102. The normalized spacial score (nSPS) is 13.7. The van der Waals surface area contributed by atoms with Crippen LogP contribution in [0.2, 0.25) is 0 Å². The molecular formula is C22H29N5O11. The van der Waals surface area contributed by atoms with Crippen LogP contribution in [0.1, 0.15) is 31.2 Å². The van der Waals surface area contributed by atoms with Crippen molar-refractivity contribution in [3.8, 4) is 5.75 Å². The van der Waals surface area contributed by atoms with Gasteiger partial charge in [-0.2, -0.15) is 0 Å². The van der Waals surface area contributed by atoms with E-state index in [1.54, 1.807) is 0 Å². The van der Waals surface area contributed by atoms with E-state index in [1.165, 1.54) is 24.3 Å². The average Bonchev–Trinajstić information content (AvgIpc) is 2.80. The van der Waals surface area contributed by atoms with Gasteiger partial charge in [-0.1, -0.05) is 12.1 Å². The highest BCUT2D eigenvalue weighted by Gasteiger charge is 2.32. The van der Waals surface area contributed by atoms with Crippen LogP contribution >= 0.6 is 0 Å². The maximum absolute atomic E-state index is 12.9. The largest absolute Gasteiger partial charge is 0.508 e. The van der Waals surface area contributed by atoms with E-state index in [9.17, 15) is 43.8 Å². The van der Waals surface area contributed by atoms with E-state index in [0.29, 0.717) is 5.56 Å². The van der Waals surface area contributed by atoms with Crippen molar-refractivity contribution >= 4 is 41.5 Å². The Bertz CT molecular complexity index is 1060. The van der Waals surface area contributed by atoms with Gasteiger partial charge in [0.2, 0.25) is 23.6 Å². The number of nitrogens with one attached hydrogen (secondary N) is 3. The second kappa shape index (κ2) is 14.7. The second-order valence-corrected chi connectivity index (χ2v) is 8.20. The maximum Gasteiger partial charge on any atom is 0.326 e. The number of carboxylic acid groups (broad SMARTS) is 3. The summed E-state index contributed by atoms with van der Waals surface area (Å²) in [5.41, 5.74) is 10.9. The van der Waals surface area contributed by atoms with Crippen LogP contribution in [0.25, 0.3) is 0 Å². The molecule has 38 heavy (non-hydrogen) atoms. The number of carboxylic acids is 3. The zero-order valence-electron chi connectivity index (χ0n) is 20.0. The first-order valence-corrected chi connectivity index (χ1v) is 11.1. The van der Waals surface area contributed by atoms with Crippen molar-refractivity contribution in [1.29, 1.82) is 0 Å². The molecule has 16 heteroatoms. The number of benzene rings is 1. The fourth-order valence-electron chi connectivity index (χ4n) is 3.12. The van der Waals surface area contributed by atoms with Crippen molar-refractivity contribution in [3.05, 3.63) is 29.8 Å². The smallest absolute Gasteiger partial charge is 0.326 e. The van der Waals surface area contributed by atoms with Gasteiger partial charge in [0.15, 0.2) is 0 Å². The Morgan fingerprint density at radius 2 is 1.26 bits per heavy atom. The quantitative estimate of drug-likeness (QED) is 0.102. The molecule has 0 radical (unpaired) electrons. The summed E-state index contributed by atoms with van der Waals surface area (Å²) in [4.78, 5) is 82.7. The lowest BCUT2D eigenvalue weighted by Gasteiger charge is -2.24. The van der Waals surface area contributed by atoms with Gasteiger partial charge < -0.3 is 47.8 Å². The van der Waals surface area contributed by atoms with Crippen LogP contribution in [0, 0.1) is 0 Å². The minimum Gasteiger partial charge on any atom is -0.508 e. The van der Waals surface area contributed by atoms with Crippen LogP contribution in [0.5, 0.6) is 5.75 Å². The minimum atomic E-state index is -1.75. The number of aromatic hydroxyl groups is 1. The Morgan fingerprint density at radius 3 is 1.76 bits per heavy atom. The molecule has 0 aliphatic heterocycles. The lowest BCUT2D eigenvalue weighted by atomic mass is 10.0. The van der Waals surface area contributed by atoms with Gasteiger partial charge in [0.25, 0.3) is 0 Å². The first-order chi connectivity index (χ1) is 17.7.